The Hall–Kier alpha value is -1.32. The van der Waals surface area contributed by atoms with Gasteiger partial charge in [0, 0.05) is 44.0 Å². The van der Waals surface area contributed by atoms with Gasteiger partial charge in [0.1, 0.15) is 0 Å². The Morgan fingerprint density at radius 1 is 1.31 bits per heavy atom. The first-order chi connectivity index (χ1) is 7.35. The van der Waals surface area contributed by atoms with Gasteiger partial charge in [0.25, 0.3) is 0 Å². The molecule has 1 heterocycles. The molecule has 16 heavy (non-hydrogen) atoms. The van der Waals surface area contributed by atoms with Gasteiger partial charge >= 0.3 is 0 Å². The number of rotatable bonds is 3. The molecule has 0 aliphatic rings. The Balaban J connectivity index is 0.00000128. The first-order valence-electron chi connectivity index (χ1n) is 4.49. The van der Waals surface area contributed by atoms with Crippen LogP contribution in [0.2, 0.25) is 0 Å². The standard InChI is InChI=1S/C11H11N2O2.Ir/c1-14-9-4-5-10(11(8-9)15-2)13-7-3-6-12-13;/h3-4,6-8H,1-2H3;/q-1;. The number of ether oxygens (including phenoxy) is 2. The van der Waals surface area contributed by atoms with E-state index < -0.39 is 0 Å². The molecule has 1 radical (unpaired) electrons. The van der Waals surface area contributed by atoms with Gasteiger partial charge < -0.3 is 9.47 Å². The smallest absolute Gasteiger partial charge is 0.0608 e. The Bertz CT molecular complexity index is 443. The molecule has 0 aliphatic carbocycles. The summed E-state index contributed by atoms with van der Waals surface area (Å²) in [5, 5.41) is 4.12. The summed E-state index contributed by atoms with van der Waals surface area (Å²) in [6, 6.07) is 8.45. The zero-order valence-corrected chi connectivity index (χ0v) is 11.3. The maximum Gasteiger partial charge on any atom is 0.0608 e. The minimum Gasteiger partial charge on any atom is -0.554 e. The van der Waals surface area contributed by atoms with Gasteiger partial charge in [-0.25, -0.2) is 0 Å². The van der Waals surface area contributed by atoms with Crippen LogP contribution in [-0.4, -0.2) is 24.0 Å². The van der Waals surface area contributed by atoms with E-state index in [1.807, 2.05) is 12.3 Å². The second-order valence-corrected chi connectivity index (χ2v) is 2.91. The molecule has 87 valence electrons. The van der Waals surface area contributed by atoms with Crippen molar-refractivity contribution in [2.45, 2.75) is 0 Å². The molecule has 1 aromatic heterocycles. The van der Waals surface area contributed by atoms with E-state index in [2.05, 4.69) is 11.2 Å². The van der Waals surface area contributed by atoms with E-state index in [-0.39, 0.29) is 20.1 Å². The third-order valence-electron chi connectivity index (χ3n) is 2.05. The molecule has 0 N–H and O–H groups in total. The predicted octanol–water partition coefficient (Wildman–Crippen LogP) is 1.69. The normalized spacial score (nSPS) is 9.38. The second kappa shape index (κ2) is 5.68. The van der Waals surface area contributed by atoms with E-state index in [0.29, 0.717) is 11.5 Å². The minimum atomic E-state index is 0. The van der Waals surface area contributed by atoms with Crippen LogP contribution in [0, 0.1) is 6.07 Å². The fourth-order valence-corrected chi connectivity index (χ4v) is 1.30. The van der Waals surface area contributed by atoms with Crippen molar-refractivity contribution in [3.05, 3.63) is 36.7 Å². The quantitative estimate of drug-likeness (QED) is 0.743. The fraction of sp³-hybridized carbons (Fsp3) is 0.182. The predicted molar refractivity (Wildman–Crippen MR) is 55.5 cm³/mol. The van der Waals surface area contributed by atoms with Gasteiger partial charge in [0.2, 0.25) is 0 Å². The molecule has 1 aromatic carbocycles. The van der Waals surface area contributed by atoms with Crippen LogP contribution in [0.25, 0.3) is 5.69 Å². The van der Waals surface area contributed by atoms with Crippen molar-refractivity contribution >= 4 is 0 Å². The van der Waals surface area contributed by atoms with E-state index in [4.69, 9.17) is 9.47 Å². The fourth-order valence-electron chi connectivity index (χ4n) is 1.30. The summed E-state index contributed by atoms with van der Waals surface area (Å²) in [6.45, 7) is 0. The summed E-state index contributed by atoms with van der Waals surface area (Å²) in [6.07, 6.45) is 3.54. The average molecular weight is 395 g/mol. The maximum atomic E-state index is 5.24. The summed E-state index contributed by atoms with van der Waals surface area (Å²) in [5.41, 5.74) is 0.767. The third kappa shape index (κ3) is 2.43. The number of hydrogen-bond donors (Lipinski definition) is 0. The number of nitrogens with zero attached hydrogens (tertiary/aromatic N) is 2. The van der Waals surface area contributed by atoms with Gasteiger partial charge in [-0.15, -0.1) is 12.1 Å². The summed E-state index contributed by atoms with van der Waals surface area (Å²) >= 11 is 0. The molecule has 0 spiro atoms. The van der Waals surface area contributed by atoms with Crippen molar-refractivity contribution in [2.24, 2.45) is 0 Å². The van der Waals surface area contributed by atoms with Crippen molar-refractivity contribution < 1.29 is 29.6 Å². The van der Waals surface area contributed by atoms with Crippen molar-refractivity contribution in [3.63, 3.8) is 0 Å². The average Bonchev–Trinajstić information content (AvgIpc) is 2.81. The Morgan fingerprint density at radius 2 is 2.12 bits per heavy atom. The minimum absolute atomic E-state index is 0. The molecular formula is C11H11IrN2O2-. The molecule has 0 amide bonds. The molecule has 0 unspecified atom stereocenters. The molecule has 0 saturated carbocycles. The van der Waals surface area contributed by atoms with Crippen LogP contribution in [0.5, 0.6) is 11.5 Å². The summed E-state index contributed by atoms with van der Waals surface area (Å²) < 4.78 is 12.0. The molecular weight excluding hydrogens is 384 g/mol. The van der Waals surface area contributed by atoms with E-state index in [1.54, 1.807) is 37.2 Å². The molecule has 2 rings (SSSR count). The van der Waals surface area contributed by atoms with Gasteiger partial charge in [-0.2, -0.15) is 5.10 Å². The second-order valence-electron chi connectivity index (χ2n) is 2.91. The van der Waals surface area contributed by atoms with Crippen LogP contribution in [0.1, 0.15) is 0 Å². The molecule has 5 heteroatoms. The number of hydrogen-bond acceptors (Lipinski definition) is 3. The Kier molecular flexibility index (Phi) is 4.52. The van der Waals surface area contributed by atoms with Gasteiger partial charge in [0.15, 0.2) is 0 Å². The summed E-state index contributed by atoms with van der Waals surface area (Å²) in [5.74, 6) is 1.39. The number of benzene rings is 1. The first-order valence-corrected chi connectivity index (χ1v) is 4.49. The SMILES string of the molecule is COc1c[c-]c(-n2cccn2)c(OC)c1.[Ir]. The summed E-state index contributed by atoms with van der Waals surface area (Å²) in [4.78, 5) is 0. The first kappa shape index (κ1) is 12.7. The Morgan fingerprint density at radius 3 is 2.69 bits per heavy atom. The molecule has 0 bridgehead atoms. The molecule has 0 aliphatic heterocycles. The van der Waals surface area contributed by atoms with Crippen LogP contribution in [0.15, 0.2) is 30.6 Å². The van der Waals surface area contributed by atoms with Crippen molar-refractivity contribution in [1.29, 1.82) is 0 Å². The molecule has 0 fully saturated rings. The van der Waals surface area contributed by atoms with Crippen LogP contribution in [0.3, 0.4) is 0 Å². The van der Waals surface area contributed by atoms with Gasteiger partial charge in [0.05, 0.1) is 14.2 Å². The Labute approximate surface area is 108 Å². The van der Waals surface area contributed by atoms with E-state index in [9.17, 15) is 0 Å². The maximum absolute atomic E-state index is 5.24. The topological polar surface area (TPSA) is 36.3 Å². The third-order valence-corrected chi connectivity index (χ3v) is 2.05. The van der Waals surface area contributed by atoms with Crippen molar-refractivity contribution in [1.82, 2.24) is 9.78 Å². The zero-order valence-electron chi connectivity index (χ0n) is 8.93. The molecule has 4 nitrogen and oxygen atoms in total. The number of aromatic nitrogens is 2. The van der Waals surface area contributed by atoms with Crippen LogP contribution in [-0.2, 0) is 20.1 Å². The number of methoxy groups -OCH3 is 2. The van der Waals surface area contributed by atoms with Crippen LogP contribution >= 0.6 is 0 Å². The zero-order chi connectivity index (χ0) is 10.7. The monoisotopic (exact) mass is 396 g/mol. The van der Waals surface area contributed by atoms with E-state index in [1.165, 1.54) is 0 Å². The molecule has 2 aromatic rings. The van der Waals surface area contributed by atoms with Crippen molar-refractivity contribution in [3.8, 4) is 17.2 Å². The van der Waals surface area contributed by atoms with Crippen LogP contribution in [0.4, 0.5) is 0 Å². The largest absolute Gasteiger partial charge is 0.554 e. The van der Waals surface area contributed by atoms with E-state index in [0.717, 1.165) is 5.69 Å². The summed E-state index contributed by atoms with van der Waals surface area (Å²) in [7, 11) is 3.21. The molecule has 0 saturated heterocycles. The van der Waals surface area contributed by atoms with Gasteiger partial charge in [-0.05, 0) is 11.8 Å². The van der Waals surface area contributed by atoms with Crippen LogP contribution < -0.4 is 9.47 Å². The van der Waals surface area contributed by atoms with E-state index >= 15 is 0 Å². The van der Waals surface area contributed by atoms with Gasteiger partial charge in [-0.3, -0.25) is 4.68 Å². The van der Waals surface area contributed by atoms with Gasteiger partial charge in [-0.1, -0.05) is 6.07 Å². The molecule has 0 atom stereocenters. The van der Waals surface area contributed by atoms with Crippen molar-refractivity contribution in [2.75, 3.05) is 14.2 Å².